The molecule has 1 aliphatic rings. The zero-order valence-electron chi connectivity index (χ0n) is 11.3. The first-order valence-corrected chi connectivity index (χ1v) is 5.98. The highest BCUT2D eigenvalue weighted by Gasteiger charge is 2.45. The SMILES string of the molecule is COC(C)(C)OC1CCC(C)C(=O)C1(C)C. The predicted octanol–water partition coefficient (Wildman–Crippen LogP) is 2.78. The topological polar surface area (TPSA) is 35.5 Å². The number of ether oxygens (including phenoxy) is 2. The molecule has 0 amide bonds. The second-order valence-corrected chi connectivity index (χ2v) is 5.77. The van der Waals surface area contributed by atoms with Gasteiger partial charge in [-0.3, -0.25) is 4.79 Å². The summed E-state index contributed by atoms with van der Waals surface area (Å²) < 4.78 is 11.2. The summed E-state index contributed by atoms with van der Waals surface area (Å²) in [5.41, 5.74) is -0.409. The Morgan fingerprint density at radius 1 is 1.31 bits per heavy atom. The zero-order chi connectivity index (χ0) is 12.6. The number of rotatable bonds is 3. The Hall–Kier alpha value is -0.410. The summed E-state index contributed by atoms with van der Waals surface area (Å²) in [6, 6.07) is 0. The quantitative estimate of drug-likeness (QED) is 0.697. The zero-order valence-corrected chi connectivity index (χ0v) is 11.3. The first-order chi connectivity index (χ1) is 7.20. The van der Waals surface area contributed by atoms with Crippen molar-refractivity contribution < 1.29 is 14.3 Å². The lowest BCUT2D eigenvalue weighted by Gasteiger charge is -2.42. The van der Waals surface area contributed by atoms with Crippen LogP contribution >= 0.6 is 0 Å². The van der Waals surface area contributed by atoms with Gasteiger partial charge in [0, 0.05) is 18.4 Å². The molecule has 2 atom stereocenters. The van der Waals surface area contributed by atoms with Crippen molar-refractivity contribution >= 4 is 5.78 Å². The van der Waals surface area contributed by atoms with Crippen molar-refractivity contribution in [3.05, 3.63) is 0 Å². The molecule has 94 valence electrons. The second kappa shape index (κ2) is 4.46. The van der Waals surface area contributed by atoms with E-state index in [1.807, 2.05) is 34.6 Å². The van der Waals surface area contributed by atoms with Crippen LogP contribution in [0.4, 0.5) is 0 Å². The molecule has 1 rings (SSSR count). The molecule has 0 aromatic carbocycles. The molecule has 2 unspecified atom stereocenters. The van der Waals surface area contributed by atoms with Crippen LogP contribution in [0.15, 0.2) is 0 Å². The van der Waals surface area contributed by atoms with Gasteiger partial charge in [0.05, 0.1) is 6.10 Å². The molecule has 1 saturated carbocycles. The standard InChI is InChI=1S/C13H24O3/c1-9-7-8-10(12(2,3)11(9)14)16-13(4,5)15-6/h9-10H,7-8H2,1-6H3. The fourth-order valence-corrected chi connectivity index (χ4v) is 2.28. The molecule has 0 aliphatic heterocycles. The number of ketones is 1. The van der Waals surface area contributed by atoms with Gasteiger partial charge in [-0.1, -0.05) is 20.8 Å². The Labute approximate surface area is 98.5 Å². The van der Waals surface area contributed by atoms with Crippen LogP contribution in [0.25, 0.3) is 0 Å². The number of Topliss-reactive ketones (excluding diaryl/α,β-unsaturated/α-hetero) is 1. The number of carbonyl (C=O) groups excluding carboxylic acids is 1. The molecule has 16 heavy (non-hydrogen) atoms. The largest absolute Gasteiger partial charge is 0.354 e. The van der Waals surface area contributed by atoms with E-state index in [-0.39, 0.29) is 12.0 Å². The Kier molecular flexibility index (Phi) is 3.80. The number of hydrogen-bond donors (Lipinski definition) is 0. The van der Waals surface area contributed by atoms with Crippen molar-refractivity contribution in [3.8, 4) is 0 Å². The van der Waals surface area contributed by atoms with Crippen molar-refractivity contribution in [2.45, 2.75) is 59.4 Å². The molecule has 0 heterocycles. The van der Waals surface area contributed by atoms with Crippen molar-refractivity contribution in [2.24, 2.45) is 11.3 Å². The summed E-state index contributed by atoms with van der Waals surface area (Å²) >= 11 is 0. The minimum Gasteiger partial charge on any atom is -0.354 e. The van der Waals surface area contributed by atoms with E-state index in [1.54, 1.807) is 7.11 Å². The smallest absolute Gasteiger partial charge is 0.162 e. The number of methoxy groups -OCH3 is 1. The third-order valence-electron chi connectivity index (χ3n) is 3.67. The highest BCUT2D eigenvalue weighted by atomic mass is 16.7. The second-order valence-electron chi connectivity index (χ2n) is 5.77. The molecule has 1 aliphatic carbocycles. The summed E-state index contributed by atoms with van der Waals surface area (Å²) in [5, 5.41) is 0. The molecule has 0 aromatic heterocycles. The Morgan fingerprint density at radius 3 is 2.38 bits per heavy atom. The van der Waals surface area contributed by atoms with E-state index in [1.165, 1.54) is 0 Å². The van der Waals surface area contributed by atoms with Crippen molar-refractivity contribution in [3.63, 3.8) is 0 Å². The monoisotopic (exact) mass is 228 g/mol. The maximum absolute atomic E-state index is 12.1. The first-order valence-electron chi connectivity index (χ1n) is 5.98. The van der Waals surface area contributed by atoms with Gasteiger partial charge in [-0.2, -0.15) is 0 Å². The Balaban J connectivity index is 2.78. The van der Waals surface area contributed by atoms with E-state index < -0.39 is 11.2 Å². The summed E-state index contributed by atoms with van der Waals surface area (Å²) in [6.07, 6.45) is 1.78. The predicted molar refractivity (Wildman–Crippen MR) is 63.1 cm³/mol. The lowest BCUT2D eigenvalue weighted by atomic mass is 9.69. The molecule has 0 bridgehead atoms. The average molecular weight is 228 g/mol. The van der Waals surface area contributed by atoms with Gasteiger partial charge in [0.15, 0.2) is 5.79 Å². The lowest BCUT2D eigenvalue weighted by molar-refractivity contribution is -0.246. The van der Waals surface area contributed by atoms with Crippen LogP contribution in [0, 0.1) is 11.3 Å². The van der Waals surface area contributed by atoms with E-state index in [0.717, 1.165) is 12.8 Å². The fourth-order valence-electron chi connectivity index (χ4n) is 2.28. The van der Waals surface area contributed by atoms with Gasteiger partial charge in [-0.15, -0.1) is 0 Å². The van der Waals surface area contributed by atoms with Crippen LogP contribution in [0.3, 0.4) is 0 Å². The normalized spacial score (nSPS) is 30.5. The van der Waals surface area contributed by atoms with Gasteiger partial charge in [0.1, 0.15) is 5.78 Å². The molecule has 0 N–H and O–H groups in total. The van der Waals surface area contributed by atoms with E-state index in [0.29, 0.717) is 5.78 Å². The maximum Gasteiger partial charge on any atom is 0.162 e. The van der Waals surface area contributed by atoms with Crippen LogP contribution in [-0.2, 0) is 14.3 Å². The minimum absolute atomic E-state index is 0.0499. The van der Waals surface area contributed by atoms with Crippen LogP contribution in [0.5, 0.6) is 0 Å². The van der Waals surface area contributed by atoms with Gasteiger partial charge >= 0.3 is 0 Å². The van der Waals surface area contributed by atoms with Gasteiger partial charge in [-0.05, 0) is 26.7 Å². The molecular weight excluding hydrogens is 204 g/mol. The third kappa shape index (κ3) is 2.64. The highest BCUT2D eigenvalue weighted by molar-refractivity contribution is 5.87. The van der Waals surface area contributed by atoms with Crippen LogP contribution in [-0.4, -0.2) is 24.8 Å². The molecule has 0 spiro atoms. The van der Waals surface area contributed by atoms with Crippen molar-refractivity contribution in [1.29, 1.82) is 0 Å². The van der Waals surface area contributed by atoms with Crippen LogP contribution in [0.1, 0.15) is 47.5 Å². The van der Waals surface area contributed by atoms with Gasteiger partial charge in [-0.25, -0.2) is 0 Å². The summed E-state index contributed by atoms with van der Waals surface area (Å²) in [6.45, 7) is 9.71. The van der Waals surface area contributed by atoms with E-state index in [9.17, 15) is 4.79 Å². The Bertz CT molecular complexity index is 268. The van der Waals surface area contributed by atoms with Crippen molar-refractivity contribution in [2.75, 3.05) is 7.11 Å². The lowest BCUT2D eigenvalue weighted by Crippen LogP contribution is -2.49. The molecule has 0 aromatic rings. The molecule has 0 radical (unpaired) electrons. The summed E-state index contributed by atoms with van der Waals surface area (Å²) in [4.78, 5) is 12.1. The van der Waals surface area contributed by atoms with E-state index in [2.05, 4.69) is 0 Å². The van der Waals surface area contributed by atoms with E-state index >= 15 is 0 Å². The van der Waals surface area contributed by atoms with Crippen LogP contribution < -0.4 is 0 Å². The summed E-state index contributed by atoms with van der Waals surface area (Å²) in [5.74, 6) is -0.167. The minimum atomic E-state index is -0.622. The van der Waals surface area contributed by atoms with E-state index in [4.69, 9.17) is 9.47 Å². The van der Waals surface area contributed by atoms with Gasteiger partial charge in [0.25, 0.3) is 0 Å². The molecule has 3 nitrogen and oxygen atoms in total. The van der Waals surface area contributed by atoms with Gasteiger partial charge < -0.3 is 9.47 Å². The number of carbonyl (C=O) groups is 1. The first kappa shape index (κ1) is 13.7. The highest BCUT2D eigenvalue weighted by Crippen LogP contribution is 2.39. The maximum atomic E-state index is 12.1. The molecular formula is C13H24O3. The molecule has 1 fully saturated rings. The summed E-state index contributed by atoms with van der Waals surface area (Å²) in [7, 11) is 1.63. The van der Waals surface area contributed by atoms with Crippen LogP contribution in [0.2, 0.25) is 0 Å². The molecule has 0 saturated heterocycles. The average Bonchev–Trinajstić information content (AvgIpc) is 2.20. The van der Waals surface area contributed by atoms with Crippen molar-refractivity contribution in [1.82, 2.24) is 0 Å². The van der Waals surface area contributed by atoms with Gasteiger partial charge in [0.2, 0.25) is 0 Å². The third-order valence-corrected chi connectivity index (χ3v) is 3.67. The fraction of sp³-hybridized carbons (Fsp3) is 0.923. The molecule has 3 heteroatoms. The number of hydrogen-bond acceptors (Lipinski definition) is 3. The Morgan fingerprint density at radius 2 is 1.88 bits per heavy atom.